The summed E-state index contributed by atoms with van der Waals surface area (Å²) in [5, 5.41) is 0.620. The molecule has 2 aliphatic heterocycles. The molecule has 126 valence electrons. The van der Waals surface area contributed by atoms with E-state index in [2.05, 4.69) is 11.9 Å². The zero-order valence-electron chi connectivity index (χ0n) is 14.5. The first-order chi connectivity index (χ1) is 10.9. The highest BCUT2D eigenvalue weighted by Crippen LogP contribution is 2.41. The predicted molar refractivity (Wildman–Crippen MR) is 95.2 cm³/mol. The third-order valence-electron chi connectivity index (χ3n) is 6.05. The average Bonchev–Trinajstić information content (AvgIpc) is 2.56. The van der Waals surface area contributed by atoms with Crippen molar-refractivity contribution in [2.45, 2.75) is 39.5 Å². The molecule has 23 heavy (non-hydrogen) atoms. The number of halogens is 1. The standard InChI is InChI=1S/C19H27ClN2O/c1-14-4-5-16(17(20)15(14)2)18(23)22-12-8-19(9-13-22)6-10-21(3)11-7-19/h4-5H,6-13H2,1-3H3. The van der Waals surface area contributed by atoms with Gasteiger partial charge in [-0.2, -0.15) is 0 Å². The molecular formula is C19H27ClN2O. The summed E-state index contributed by atoms with van der Waals surface area (Å²) in [5.74, 6) is 0.0980. The molecule has 0 N–H and O–H groups in total. The number of hydrogen-bond donors (Lipinski definition) is 0. The fourth-order valence-electron chi connectivity index (χ4n) is 3.89. The molecule has 1 aromatic carbocycles. The van der Waals surface area contributed by atoms with E-state index in [9.17, 15) is 4.79 Å². The molecule has 2 aliphatic rings. The summed E-state index contributed by atoms with van der Waals surface area (Å²) in [6.07, 6.45) is 4.82. The smallest absolute Gasteiger partial charge is 0.255 e. The van der Waals surface area contributed by atoms with Gasteiger partial charge in [-0.15, -0.1) is 0 Å². The Labute approximate surface area is 144 Å². The summed E-state index contributed by atoms with van der Waals surface area (Å²) in [4.78, 5) is 17.3. The highest BCUT2D eigenvalue weighted by Gasteiger charge is 2.38. The minimum atomic E-state index is 0.0980. The quantitative estimate of drug-likeness (QED) is 0.777. The first-order valence-corrected chi connectivity index (χ1v) is 9.03. The summed E-state index contributed by atoms with van der Waals surface area (Å²) in [7, 11) is 2.20. The van der Waals surface area contributed by atoms with Gasteiger partial charge in [0.05, 0.1) is 10.6 Å². The van der Waals surface area contributed by atoms with Crippen molar-refractivity contribution in [1.82, 2.24) is 9.80 Å². The van der Waals surface area contributed by atoms with Crippen molar-refractivity contribution in [2.75, 3.05) is 33.2 Å². The lowest BCUT2D eigenvalue weighted by Crippen LogP contribution is -2.47. The van der Waals surface area contributed by atoms with Crippen molar-refractivity contribution in [3.63, 3.8) is 0 Å². The zero-order chi connectivity index (χ0) is 16.6. The zero-order valence-corrected chi connectivity index (χ0v) is 15.2. The number of piperidine rings is 2. The van der Waals surface area contributed by atoms with Crippen LogP contribution in [0.1, 0.15) is 47.2 Å². The first kappa shape index (κ1) is 16.8. The van der Waals surface area contributed by atoms with Crippen molar-refractivity contribution >= 4 is 17.5 Å². The van der Waals surface area contributed by atoms with Gasteiger partial charge in [0.25, 0.3) is 5.91 Å². The Kier molecular flexibility index (Phi) is 4.70. The Morgan fingerprint density at radius 1 is 1.04 bits per heavy atom. The molecule has 2 fully saturated rings. The largest absolute Gasteiger partial charge is 0.339 e. The maximum Gasteiger partial charge on any atom is 0.255 e. The van der Waals surface area contributed by atoms with Gasteiger partial charge in [-0.05, 0) is 82.3 Å². The Bertz CT molecular complexity index is 596. The fraction of sp³-hybridized carbons (Fsp3) is 0.632. The number of rotatable bonds is 1. The van der Waals surface area contributed by atoms with Crippen LogP contribution < -0.4 is 0 Å². The van der Waals surface area contributed by atoms with Gasteiger partial charge in [0, 0.05) is 13.1 Å². The van der Waals surface area contributed by atoms with Gasteiger partial charge in [0.2, 0.25) is 0 Å². The number of benzene rings is 1. The van der Waals surface area contributed by atoms with Crippen molar-refractivity contribution in [3.8, 4) is 0 Å². The maximum absolute atomic E-state index is 12.8. The normalized spacial score (nSPS) is 21.7. The van der Waals surface area contributed by atoms with Crippen LogP contribution in [0.15, 0.2) is 12.1 Å². The molecule has 0 radical (unpaired) electrons. The lowest BCUT2D eigenvalue weighted by Gasteiger charge is -2.46. The topological polar surface area (TPSA) is 23.6 Å². The number of carbonyl (C=O) groups is 1. The molecule has 4 heteroatoms. The highest BCUT2D eigenvalue weighted by molar-refractivity contribution is 6.34. The van der Waals surface area contributed by atoms with Gasteiger partial charge in [0.1, 0.15) is 0 Å². The van der Waals surface area contributed by atoms with Gasteiger partial charge < -0.3 is 9.80 Å². The highest BCUT2D eigenvalue weighted by atomic mass is 35.5. The summed E-state index contributed by atoms with van der Waals surface area (Å²) in [5.41, 5.74) is 3.28. The van der Waals surface area contributed by atoms with Crippen molar-refractivity contribution in [3.05, 3.63) is 33.8 Å². The Morgan fingerprint density at radius 3 is 2.22 bits per heavy atom. The fourth-order valence-corrected chi connectivity index (χ4v) is 4.19. The summed E-state index contributed by atoms with van der Waals surface area (Å²) < 4.78 is 0. The number of nitrogens with zero attached hydrogens (tertiary/aromatic N) is 2. The molecule has 2 heterocycles. The average molecular weight is 335 g/mol. The third-order valence-corrected chi connectivity index (χ3v) is 6.53. The molecule has 2 saturated heterocycles. The Hall–Kier alpha value is -1.06. The second-order valence-electron chi connectivity index (χ2n) is 7.46. The SMILES string of the molecule is Cc1ccc(C(=O)N2CCC3(CCN(C)CC3)CC2)c(Cl)c1C. The van der Waals surface area contributed by atoms with E-state index in [4.69, 9.17) is 11.6 Å². The monoisotopic (exact) mass is 334 g/mol. The lowest BCUT2D eigenvalue weighted by molar-refractivity contribution is 0.0352. The predicted octanol–water partition coefficient (Wildman–Crippen LogP) is 3.90. The van der Waals surface area contributed by atoms with Crippen LogP contribution in [0, 0.1) is 19.3 Å². The van der Waals surface area contributed by atoms with Crippen molar-refractivity contribution in [1.29, 1.82) is 0 Å². The van der Waals surface area contributed by atoms with Crippen LogP contribution in [-0.2, 0) is 0 Å². The second kappa shape index (κ2) is 6.45. The molecule has 0 bridgehead atoms. The third kappa shape index (κ3) is 3.27. The molecule has 0 unspecified atom stereocenters. The molecule has 1 spiro atoms. The van der Waals surface area contributed by atoms with Crippen LogP contribution in [-0.4, -0.2) is 48.9 Å². The number of likely N-dealkylation sites (tertiary alicyclic amines) is 2. The van der Waals surface area contributed by atoms with Crippen LogP contribution in [0.4, 0.5) is 0 Å². The first-order valence-electron chi connectivity index (χ1n) is 8.65. The minimum Gasteiger partial charge on any atom is -0.339 e. The van der Waals surface area contributed by atoms with Gasteiger partial charge in [-0.3, -0.25) is 4.79 Å². The van der Waals surface area contributed by atoms with E-state index in [1.807, 2.05) is 30.9 Å². The van der Waals surface area contributed by atoms with E-state index in [1.54, 1.807) is 0 Å². The summed E-state index contributed by atoms with van der Waals surface area (Å²) in [6, 6.07) is 3.88. The maximum atomic E-state index is 12.8. The number of carbonyl (C=O) groups excluding carboxylic acids is 1. The Balaban J connectivity index is 1.68. The second-order valence-corrected chi connectivity index (χ2v) is 7.84. The molecule has 3 nitrogen and oxygen atoms in total. The van der Waals surface area contributed by atoms with Gasteiger partial charge >= 0.3 is 0 Å². The molecule has 1 aromatic rings. The van der Waals surface area contributed by atoms with Crippen LogP contribution in [0.3, 0.4) is 0 Å². The van der Waals surface area contributed by atoms with E-state index < -0.39 is 0 Å². The molecule has 0 atom stereocenters. The van der Waals surface area contributed by atoms with Gasteiger partial charge in [-0.25, -0.2) is 0 Å². The minimum absolute atomic E-state index is 0.0980. The number of amides is 1. The van der Waals surface area contributed by atoms with E-state index in [-0.39, 0.29) is 5.91 Å². The summed E-state index contributed by atoms with van der Waals surface area (Å²) in [6.45, 7) is 8.13. The van der Waals surface area contributed by atoms with E-state index in [0.29, 0.717) is 16.0 Å². The number of aryl methyl sites for hydroxylation is 1. The van der Waals surface area contributed by atoms with Crippen molar-refractivity contribution < 1.29 is 4.79 Å². The van der Waals surface area contributed by atoms with Gasteiger partial charge in [0.15, 0.2) is 0 Å². The molecule has 0 aliphatic carbocycles. The van der Waals surface area contributed by atoms with E-state index in [0.717, 1.165) is 37.1 Å². The molecule has 3 rings (SSSR count). The van der Waals surface area contributed by atoms with Gasteiger partial charge in [-0.1, -0.05) is 17.7 Å². The molecule has 0 saturated carbocycles. The van der Waals surface area contributed by atoms with Crippen LogP contribution in [0.5, 0.6) is 0 Å². The van der Waals surface area contributed by atoms with Crippen LogP contribution >= 0.6 is 11.6 Å². The van der Waals surface area contributed by atoms with E-state index in [1.165, 1.54) is 25.9 Å². The lowest BCUT2D eigenvalue weighted by atomic mass is 9.71. The Morgan fingerprint density at radius 2 is 1.61 bits per heavy atom. The molecule has 1 amide bonds. The molecule has 0 aromatic heterocycles. The number of hydrogen-bond acceptors (Lipinski definition) is 2. The van der Waals surface area contributed by atoms with Crippen molar-refractivity contribution in [2.24, 2.45) is 5.41 Å². The molecular weight excluding hydrogens is 308 g/mol. The van der Waals surface area contributed by atoms with Crippen LogP contribution in [0.25, 0.3) is 0 Å². The van der Waals surface area contributed by atoms with Crippen LogP contribution in [0.2, 0.25) is 5.02 Å². The summed E-state index contributed by atoms with van der Waals surface area (Å²) >= 11 is 6.42. The van der Waals surface area contributed by atoms with E-state index >= 15 is 0 Å².